The molecule has 1 aromatic carbocycles. The first-order valence-electron chi connectivity index (χ1n) is 7.24. The lowest BCUT2D eigenvalue weighted by Gasteiger charge is -2.28. The van der Waals surface area contributed by atoms with E-state index in [0.29, 0.717) is 18.1 Å². The van der Waals surface area contributed by atoms with Gasteiger partial charge in [0.2, 0.25) is 0 Å². The van der Waals surface area contributed by atoms with Crippen LogP contribution in [0.25, 0.3) is 0 Å². The van der Waals surface area contributed by atoms with Gasteiger partial charge in [0, 0.05) is 24.6 Å². The van der Waals surface area contributed by atoms with E-state index in [1.54, 1.807) is 4.90 Å². The van der Waals surface area contributed by atoms with Gasteiger partial charge in [0.1, 0.15) is 0 Å². The summed E-state index contributed by atoms with van der Waals surface area (Å²) in [6.45, 7) is 4.38. The number of carbonyl (C=O) groups excluding carboxylic acids is 1. The van der Waals surface area contributed by atoms with Gasteiger partial charge in [0.25, 0.3) is 0 Å². The van der Waals surface area contributed by atoms with E-state index in [1.165, 1.54) is 11.3 Å². The molecule has 1 atom stereocenters. The molecular weight excluding hydrogens is 298 g/mol. The van der Waals surface area contributed by atoms with Crippen molar-refractivity contribution >= 4 is 22.5 Å². The second-order valence-electron chi connectivity index (χ2n) is 5.20. The van der Waals surface area contributed by atoms with Crippen LogP contribution in [0, 0.1) is 6.92 Å². The highest BCUT2D eigenvalue weighted by Crippen LogP contribution is 2.17. The van der Waals surface area contributed by atoms with Gasteiger partial charge in [-0.05, 0) is 25.8 Å². The second-order valence-corrected chi connectivity index (χ2v) is 6.06. The quantitative estimate of drug-likeness (QED) is 0.859. The van der Waals surface area contributed by atoms with E-state index < -0.39 is 0 Å². The Morgan fingerprint density at radius 3 is 2.73 bits per heavy atom. The van der Waals surface area contributed by atoms with Gasteiger partial charge in [-0.15, -0.1) is 11.3 Å². The van der Waals surface area contributed by atoms with Crippen molar-refractivity contribution in [1.82, 2.24) is 9.88 Å². The topological polar surface area (TPSA) is 65.5 Å². The first-order valence-corrected chi connectivity index (χ1v) is 8.12. The maximum atomic E-state index is 12.5. The summed E-state index contributed by atoms with van der Waals surface area (Å²) in [5.41, 5.74) is 1.94. The molecule has 2 N–H and O–H groups in total. The van der Waals surface area contributed by atoms with E-state index in [0.717, 1.165) is 11.3 Å². The number of hydrogen-bond donors (Lipinski definition) is 2. The number of anilines is 1. The fourth-order valence-corrected chi connectivity index (χ4v) is 2.80. The van der Waals surface area contributed by atoms with Gasteiger partial charge in [-0.25, -0.2) is 9.78 Å². The molecule has 1 heterocycles. The van der Waals surface area contributed by atoms with Crippen molar-refractivity contribution in [2.45, 2.75) is 32.9 Å². The largest absolute Gasteiger partial charge is 0.396 e. The monoisotopic (exact) mass is 319 g/mol. The fraction of sp³-hybridized carbons (Fsp3) is 0.375. The Morgan fingerprint density at radius 2 is 2.14 bits per heavy atom. The molecule has 0 spiro atoms. The Balaban J connectivity index is 2.10. The molecule has 2 rings (SSSR count). The molecule has 2 amide bonds. The molecule has 0 radical (unpaired) electrons. The maximum absolute atomic E-state index is 12.5. The highest BCUT2D eigenvalue weighted by molar-refractivity contribution is 7.13. The highest BCUT2D eigenvalue weighted by atomic mass is 32.1. The van der Waals surface area contributed by atoms with Crippen LogP contribution >= 0.6 is 11.3 Å². The van der Waals surface area contributed by atoms with Crippen LogP contribution in [0.3, 0.4) is 0 Å². The third kappa shape index (κ3) is 4.54. The number of aliphatic hydroxyl groups is 1. The Kier molecular flexibility index (Phi) is 5.91. The van der Waals surface area contributed by atoms with E-state index in [1.807, 2.05) is 49.6 Å². The van der Waals surface area contributed by atoms with Crippen LogP contribution in [-0.4, -0.2) is 33.7 Å². The minimum absolute atomic E-state index is 0.0517. The van der Waals surface area contributed by atoms with E-state index in [9.17, 15) is 4.79 Å². The predicted molar refractivity (Wildman–Crippen MR) is 89.0 cm³/mol. The summed E-state index contributed by atoms with van der Waals surface area (Å²) in [5.74, 6) is 0. The summed E-state index contributed by atoms with van der Waals surface area (Å²) in [6, 6.07) is 9.56. The molecule has 0 saturated heterocycles. The molecule has 118 valence electrons. The number of rotatable bonds is 6. The van der Waals surface area contributed by atoms with Crippen molar-refractivity contribution in [2.24, 2.45) is 0 Å². The van der Waals surface area contributed by atoms with Crippen LogP contribution in [-0.2, 0) is 6.54 Å². The van der Waals surface area contributed by atoms with Crippen LogP contribution in [0.1, 0.15) is 24.6 Å². The van der Waals surface area contributed by atoms with Crippen molar-refractivity contribution < 1.29 is 9.90 Å². The standard InChI is InChI=1S/C16H21N3O2S/c1-12-11-22-15(17-12)18-16(21)19(13(2)8-9-20)10-14-6-4-3-5-7-14/h3-7,11,13,20H,8-10H2,1-2H3,(H,17,18,21). The lowest BCUT2D eigenvalue weighted by molar-refractivity contribution is 0.169. The normalized spacial score (nSPS) is 12.0. The number of thiazole rings is 1. The zero-order chi connectivity index (χ0) is 15.9. The molecule has 0 bridgehead atoms. The molecule has 0 aliphatic carbocycles. The van der Waals surface area contributed by atoms with Crippen molar-refractivity contribution in [1.29, 1.82) is 0 Å². The number of nitrogens with one attached hydrogen (secondary N) is 1. The van der Waals surface area contributed by atoms with Crippen molar-refractivity contribution in [3.05, 3.63) is 47.0 Å². The molecule has 1 unspecified atom stereocenters. The van der Waals surface area contributed by atoms with Crippen LogP contribution in [0.15, 0.2) is 35.7 Å². The second kappa shape index (κ2) is 7.91. The third-order valence-corrected chi connectivity index (χ3v) is 4.24. The number of aromatic nitrogens is 1. The first kappa shape index (κ1) is 16.5. The number of carbonyl (C=O) groups is 1. The predicted octanol–water partition coefficient (Wildman–Crippen LogP) is 3.26. The summed E-state index contributed by atoms with van der Waals surface area (Å²) in [4.78, 5) is 18.5. The number of hydrogen-bond acceptors (Lipinski definition) is 4. The smallest absolute Gasteiger partial charge is 0.324 e. The number of nitrogens with zero attached hydrogens (tertiary/aromatic N) is 2. The van der Waals surface area contributed by atoms with Gasteiger partial charge in [-0.2, -0.15) is 0 Å². The molecule has 0 saturated carbocycles. The highest BCUT2D eigenvalue weighted by Gasteiger charge is 2.21. The molecule has 1 aromatic heterocycles. The molecule has 6 heteroatoms. The van der Waals surface area contributed by atoms with Crippen molar-refractivity contribution in [2.75, 3.05) is 11.9 Å². The van der Waals surface area contributed by atoms with Crippen LogP contribution in [0.2, 0.25) is 0 Å². The fourth-order valence-electron chi connectivity index (χ4n) is 2.13. The van der Waals surface area contributed by atoms with Crippen LogP contribution < -0.4 is 5.32 Å². The van der Waals surface area contributed by atoms with Crippen molar-refractivity contribution in [3.8, 4) is 0 Å². The minimum atomic E-state index is -0.195. The number of benzene rings is 1. The van der Waals surface area contributed by atoms with Crippen LogP contribution in [0.5, 0.6) is 0 Å². The van der Waals surface area contributed by atoms with E-state index in [-0.39, 0.29) is 18.7 Å². The lowest BCUT2D eigenvalue weighted by atomic mass is 10.1. The lowest BCUT2D eigenvalue weighted by Crippen LogP contribution is -2.41. The Hall–Kier alpha value is -1.92. The van der Waals surface area contributed by atoms with Gasteiger partial charge in [-0.3, -0.25) is 5.32 Å². The van der Waals surface area contributed by atoms with Gasteiger partial charge in [-0.1, -0.05) is 30.3 Å². The molecule has 0 aliphatic heterocycles. The van der Waals surface area contributed by atoms with E-state index >= 15 is 0 Å². The van der Waals surface area contributed by atoms with Gasteiger partial charge >= 0.3 is 6.03 Å². The summed E-state index contributed by atoms with van der Waals surface area (Å²) in [5, 5.41) is 14.5. The van der Waals surface area contributed by atoms with Crippen molar-refractivity contribution in [3.63, 3.8) is 0 Å². The first-order chi connectivity index (χ1) is 10.6. The van der Waals surface area contributed by atoms with Gasteiger partial charge < -0.3 is 10.0 Å². The zero-order valence-electron chi connectivity index (χ0n) is 12.8. The summed E-state index contributed by atoms with van der Waals surface area (Å²) in [6.07, 6.45) is 0.539. The molecular formula is C16H21N3O2S. The maximum Gasteiger partial charge on any atom is 0.324 e. The molecule has 5 nitrogen and oxygen atoms in total. The number of aryl methyl sites for hydroxylation is 1. The van der Waals surface area contributed by atoms with Gasteiger partial charge in [0.15, 0.2) is 5.13 Å². The van der Waals surface area contributed by atoms with Gasteiger partial charge in [0.05, 0.1) is 5.69 Å². The summed E-state index contributed by atoms with van der Waals surface area (Å²) >= 11 is 1.41. The molecule has 2 aromatic rings. The summed E-state index contributed by atoms with van der Waals surface area (Å²) in [7, 11) is 0. The number of urea groups is 1. The third-order valence-electron chi connectivity index (χ3n) is 3.37. The number of amides is 2. The minimum Gasteiger partial charge on any atom is -0.396 e. The Morgan fingerprint density at radius 1 is 1.41 bits per heavy atom. The molecule has 0 fully saturated rings. The summed E-state index contributed by atoms with van der Waals surface area (Å²) < 4.78 is 0. The van der Waals surface area contributed by atoms with Crippen LogP contribution in [0.4, 0.5) is 9.93 Å². The van der Waals surface area contributed by atoms with E-state index in [2.05, 4.69) is 10.3 Å². The molecule has 22 heavy (non-hydrogen) atoms. The average Bonchev–Trinajstić information content (AvgIpc) is 2.91. The number of aliphatic hydroxyl groups excluding tert-OH is 1. The molecule has 0 aliphatic rings. The zero-order valence-corrected chi connectivity index (χ0v) is 13.6. The Labute approximate surface area is 134 Å². The Bertz CT molecular complexity index is 600. The SMILES string of the molecule is Cc1csc(NC(=O)N(Cc2ccccc2)C(C)CCO)n1. The average molecular weight is 319 g/mol. The van der Waals surface area contributed by atoms with E-state index in [4.69, 9.17) is 5.11 Å².